The minimum absolute atomic E-state index is 0.178. The highest BCUT2D eigenvalue weighted by molar-refractivity contribution is 5.92. The van der Waals surface area contributed by atoms with Crippen LogP contribution in [-0.4, -0.2) is 36.1 Å². The van der Waals surface area contributed by atoms with Crippen LogP contribution in [0, 0.1) is 6.92 Å². The van der Waals surface area contributed by atoms with Crippen molar-refractivity contribution in [1.29, 1.82) is 0 Å². The number of benzene rings is 1. The molecular formula is C20H26N4O2. The van der Waals surface area contributed by atoms with Gasteiger partial charge in [0, 0.05) is 25.3 Å². The van der Waals surface area contributed by atoms with Crippen molar-refractivity contribution in [2.45, 2.75) is 39.2 Å². The monoisotopic (exact) mass is 354 g/mol. The molecule has 1 saturated heterocycles. The summed E-state index contributed by atoms with van der Waals surface area (Å²) in [6.07, 6.45) is 4.79. The molecule has 1 amide bonds. The van der Waals surface area contributed by atoms with E-state index < -0.39 is 0 Å². The number of anilines is 1. The SMILES string of the molecule is COc1ccc(CNC(=O)c2cc(C)nc(N3CCCCCC3)n2)cc1. The van der Waals surface area contributed by atoms with Crippen molar-refractivity contribution < 1.29 is 9.53 Å². The van der Waals surface area contributed by atoms with Crippen LogP contribution in [0.15, 0.2) is 30.3 Å². The maximum absolute atomic E-state index is 12.6. The number of nitrogens with zero attached hydrogens (tertiary/aromatic N) is 3. The summed E-state index contributed by atoms with van der Waals surface area (Å²) < 4.78 is 5.15. The maximum Gasteiger partial charge on any atom is 0.270 e. The zero-order valence-electron chi connectivity index (χ0n) is 15.5. The number of aromatic nitrogens is 2. The fraction of sp³-hybridized carbons (Fsp3) is 0.450. The van der Waals surface area contributed by atoms with Crippen LogP contribution >= 0.6 is 0 Å². The lowest BCUT2D eigenvalue weighted by atomic mass is 10.2. The Labute approximate surface area is 154 Å². The molecule has 2 aromatic rings. The number of hydrogen-bond donors (Lipinski definition) is 1. The fourth-order valence-electron chi connectivity index (χ4n) is 3.10. The highest BCUT2D eigenvalue weighted by Gasteiger charge is 2.16. The van der Waals surface area contributed by atoms with E-state index in [1.165, 1.54) is 12.8 Å². The summed E-state index contributed by atoms with van der Waals surface area (Å²) in [7, 11) is 1.64. The first-order valence-electron chi connectivity index (χ1n) is 9.17. The zero-order chi connectivity index (χ0) is 18.4. The van der Waals surface area contributed by atoms with E-state index in [2.05, 4.69) is 20.2 Å². The third kappa shape index (κ3) is 4.71. The maximum atomic E-state index is 12.6. The first-order chi connectivity index (χ1) is 12.7. The van der Waals surface area contributed by atoms with E-state index in [1.807, 2.05) is 31.2 Å². The van der Waals surface area contributed by atoms with Gasteiger partial charge in [-0.1, -0.05) is 25.0 Å². The summed E-state index contributed by atoms with van der Waals surface area (Å²) in [6.45, 7) is 4.26. The fourth-order valence-corrected chi connectivity index (χ4v) is 3.10. The third-order valence-electron chi connectivity index (χ3n) is 4.58. The molecule has 1 aliphatic heterocycles. The first-order valence-corrected chi connectivity index (χ1v) is 9.17. The molecule has 0 unspecified atom stereocenters. The molecule has 1 aromatic carbocycles. The summed E-state index contributed by atoms with van der Waals surface area (Å²) in [6, 6.07) is 9.38. The number of carbonyl (C=O) groups is 1. The van der Waals surface area contributed by atoms with Crippen molar-refractivity contribution >= 4 is 11.9 Å². The Morgan fingerprint density at radius 2 is 1.81 bits per heavy atom. The first kappa shape index (κ1) is 18.2. The molecule has 1 aromatic heterocycles. The van der Waals surface area contributed by atoms with Gasteiger partial charge in [0.2, 0.25) is 5.95 Å². The highest BCUT2D eigenvalue weighted by atomic mass is 16.5. The van der Waals surface area contributed by atoms with Gasteiger partial charge in [-0.2, -0.15) is 0 Å². The number of ether oxygens (including phenoxy) is 1. The van der Waals surface area contributed by atoms with E-state index in [9.17, 15) is 4.79 Å². The predicted molar refractivity (Wildman–Crippen MR) is 102 cm³/mol. The Kier molecular flexibility index (Phi) is 6.04. The van der Waals surface area contributed by atoms with Gasteiger partial charge in [-0.05, 0) is 43.5 Å². The average Bonchev–Trinajstić information content (AvgIpc) is 2.95. The van der Waals surface area contributed by atoms with Crippen LogP contribution in [-0.2, 0) is 6.54 Å². The van der Waals surface area contributed by atoms with E-state index >= 15 is 0 Å². The third-order valence-corrected chi connectivity index (χ3v) is 4.58. The molecule has 26 heavy (non-hydrogen) atoms. The van der Waals surface area contributed by atoms with E-state index in [4.69, 9.17) is 4.74 Å². The van der Waals surface area contributed by atoms with Crippen molar-refractivity contribution in [3.05, 3.63) is 47.3 Å². The lowest BCUT2D eigenvalue weighted by molar-refractivity contribution is 0.0945. The second kappa shape index (κ2) is 8.65. The van der Waals surface area contributed by atoms with Crippen molar-refractivity contribution in [2.75, 3.05) is 25.1 Å². The molecule has 1 N–H and O–H groups in total. The van der Waals surface area contributed by atoms with Crippen molar-refractivity contribution in [3.63, 3.8) is 0 Å². The van der Waals surface area contributed by atoms with Gasteiger partial charge >= 0.3 is 0 Å². The molecule has 0 bridgehead atoms. The topological polar surface area (TPSA) is 67.3 Å². The van der Waals surface area contributed by atoms with Gasteiger partial charge in [-0.3, -0.25) is 4.79 Å². The van der Waals surface area contributed by atoms with E-state index in [-0.39, 0.29) is 5.91 Å². The molecule has 138 valence electrons. The molecule has 6 nitrogen and oxygen atoms in total. The molecule has 6 heteroatoms. The number of carbonyl (C=O) groups excluding carboxylic acids is 1. The normalized spacial score (nSPS) is 14.6. The average molecular weight is 354 g/mol. The number of nitrogens with one attached hydrogen (secondary N) is 1. The van der Waals surface area contributed by atoms with Crippen LogP contribution in [0.25, 0.3) is 0 Å². The zero-order valence-corrected chi connectivity index (χ0v) is 15.5. The van der Waals surface area contributed by atoms with Crippen molar-refractivity contribution in [1.82, 2.24) is 15.3 Å². The molecule has 3 rings (SSSR count). The minimum Gasteiger partial charge on any atom is -0.497 e. The van der Waals surface area contributed by atoms with Gasteiger partial charge in [-0.25, -0.2) is 9.97 Å². The van der Waals surface area contributed by atoms with Crippen LogP contribution < -0.4 is 15.0 Å². The van der Waals surface area contributed by atoms with Gasteiger partial charge in [0.05, 0.1) is 7.11 Å². The van der Waals surface area contributed by atoms with Crippen LogP contribution in [0.2, 0.25) is 0 Å². The molecule has 0 saturated carbocycles. The summed E-state index contributed by atoms with van der Waals surface area (Å²) in [5.74, 6) is 1.29. The summed E-state index contributed by atoms with van der Waals surface area (Å²) in [5, 5.41) is 2.93. The molecule has 1 aliphatic rings. The molecule has 0 atom stereocenters. The number of hydrogen-bond acceptors (Lipinski definition) is 5. The summed E-state index contributed by atoms with van der Waals surface area (Å²) in [4.78, 5) is 23.8. The second-order valence-corrected chi connectivity index (χ2v) is 6.63. The summed E-state index contributed by atoms with van der Waals surface area (Å²) >= 11 is 0. The second-order valence-electron chi connectivity index (χ2n) is 6.63. The van der Waals surface area contributed by atoms with Crippen molar-refractivity contribution in [3.8, 4) is 5.75 Å². The molecule has 2 heterocycles. The quantitative estimate of drug-likeness (QED) is 0.894. The minimum atomic E-state index is -0.178. The standard InChI is InChI=1S/C20H26N4O2/c1-15-13-18(23-20(22-15)24-11-5-3-4-6-12-24)19(25)21-14-16-7-9-17(26-2)10-8-16/h7-10,13H,3-6,11-12,14H2,1-2H3,(H,21,25). The molecule has 1 fully saturated rings. The Hall–Kier alpha value is -2.63. The van der Waals surface area contributed by atoms with E-state index in [0.29, 0.717) is 18.2 Å². The van der Waals surface area contributed by atoms with Gasteiger partial charge < -0.3 is 15.0 Å². The number of methoxy groups -OCH3 is 1. The Bertz CT molecular complexity index is 738. The van der Waals surface area contributed by atoms with Crippen molar-refractivity contribution in [2.24, 2.45) is 0 Å². The van der Waals surface area contributed by atoms with E-state index in [1.54, 1.807) is 13.2 Å². The lowest BCUT2D eigenvalue weighted by Gasteiger charge is -2.21. The Morgan fingerprint density at radius 1 is 1.12 bits per heavy atom. The number of aryl methyl sites for hydroxylation is 1. The Morgan fingerprint density at radius 3 is 2.46 bits per heavy atom. The lowest BCUT2D eigenvalue weighted by Crippen LogP contribution is -2.29. The molecule has 0 spiro atoms. The smallest absolute Gasteiger partial charge is 0.270 e. The summed E-state index contributed by atoms with van der Waals surface area (Å²) in [5.41, 5.74) is 2.25. The van der Waals surface area contributed by atoms with Gasteiger partial charge in [-0.15, -0.1) is 0 Å². The van der Waals surface area contributed by atoms with E-state index in [0.717, 1.165) is 42.9 Å². The van der Waals surface area contributed by atoms with Crippen LogP contribution in [0.5, 0.6) is 5.75 Å². The molecule has 0 aliphatic carbocycles. The van der Waals surface area contributed by atoms with Crippen LogP contribution in [0.3, 0.4) is 0 Å². The van der Waals surface area contributed by atoms with Crippen LogP contribution in [0.4, 0.5) is 5.95 Å². The molecule has 0 radical (unpaired) electrons. The largest absolute Gasteiger partial charge is 0.497 e. The number of rotatable bonds is 5. The number of amides is 1. The predicted octanol–water partition coefficient (Wildman–Crippen LogP) is 3.10. The van der Waals surface area contributed by atoms with Gasteiger partial charge in [0.1, 0.15) is 11.4 Å². The van der Waals surface area contributed by atoms with Gasteiger partial charge in [0.25, 0.3) is 5.91 Å². The Balaban J connectivity index is 1.67. The molecular weight excluding hydrogens is 328 g/mol. The van der Waals surface area contributed by atoms with Gasteiger partial charge in [0.15, 0.2) is 0 Å². The highest BCUT2D eigenvalue weighted by Crippen LogP contribution is 2.17. The van der Waals surface area contributed by atoms with Crippen LogP contribution in [0.1, 0.15) is 47.4 Å².